The molecular weight excluding hydrogens is 281 g/mol. The van der Waals surface area contributed by atoms with E-state index in [0.29, 0.717) is 13.1 Å². The molecule has 0 saturated carbocycles. The predicted molar refractivity (Wildman–Crippen MR) is 79.0 cm³/mol. The van der Waals surface area contributed by atoms with Crippen LogP contribution in [0.1, 0.15) is 11.3 Å². The average molecular weight is 300 g/mol. The largest absolute Gasteiger partial charge is 0.497 e. The van der Waals surface area contributed by atoms with Gasteiger partial charge in [0.15, 0.2) is 0 Å². The summed E-state index contributed by atoms with van der Waals surface area (Å²) in [7, 11) is 1.66. The van der Waals surface area contributed by atoms with Gasteiger partial charge in [-0.15, -0.1) is 12.4 Å². The molecule has 1 aromatic heterocycles. The number of rotatable bonds is 7. The molecule has 0 fully saturated rings. The molecule has 0 aliphatic rings. The normalized spacial score (nSPS) is 10.1. The van der Waals surface area contributed by atoms with Crippen LogP contribution in [0.3, 0.4) is 0 Å². The Bertz CT molecular complexity index is 519. The number of aromatic nitrogens is 2. The molecule has 0 unspecified atom stereocenters. The molecule has 0 radical (unpaired) electrons. The number of hydrogen-bond acceptors (Lipinski definition) is 3. The molecule has 20 heavy (non-hydrogen) atoms. The molecule has 0 saturated heterocycles. The zero-order valence-electron chi connectivity index (χ0n) is 11.4. The van der Waals surface area contributed by atoms with E-state index in [1.54, 1.807) is 18.0 Å². The Morgan fingerprint density at radius 1 is 1.30 bits per heavy atom. The van der Waals surface area contributed by atoms with Crippen molar-refractivity contribution in [1.82, 2.24) is 15.1 Å². The fraction of sp³-hybridized carbons (Fsp3) is 0.357. The molecule has 0 aliphatic heterocycles. The van der Waals surface area contributed by atoms with Crippen LogP contribution in [0.4, 0.5) is 4.39 Å². The molecule has 0 atom stereocenters. The minimum Gasteiger partial charge on any atom is -0.497 e. The summed E-state index contributed by atoms with van der Waals surface area (Å²) in [6.45, 7) is 1.33. The van der Waals surface area contributed by atoms with Crippen molar-refractivity contribution in [1.29, 1.82) is 0 Å². The smallest absolute Gasteiger partial charge is 0.119 e. The summed E-state index contributed by atoms with van der Waals surface area (Å²) in [5.74, 6) is 0.853. The van der Waals surface area contributed by atoms with E-state index in [1.165, 1.54) is 0 Å². The summed E-state index contributed by atoms with van der Waals surface area (Å²) >= 11 is 0. The number of methoxy groups -OCH3 is 1. The number of benzene rings is 1. The van der Waals surface area contributed by atoms with E-state index in [4.69, 9.17) is 4.74 Å². The molecule has 110 valence electrons. The number of ether oxygens (including phenoxy) is 1. The second kappa shape index (κ2) is 8.55. The quantitative estimate of drug-likeness (QED) is 0.854. The number of halogens is 2. The van der Waals surface area contributed by atoms with E-state index < -0.39 is 6.67 Å². The summed E-state index contributed by atoms with van der Waals surface area (Å²) in [6.07, 6.45) is 1.79. The Morgan fingerprint density at radius 2 is 2.15 bits per heavy atom. The molecule has 2 aromatic rings. The van der Waals surface area contributed by atoms with Gasteiger partial charge in [-0.05, 0) is 23.8 Å². The maximum Gasteiger partial charge on any atom is 0.119 e. The van der Waals surface area contributed by atoms with Gasteiger partial charge in [0, 0.05) is 19.3 Å². The van der Waals surface area contributed by atoms with Crippen molar-refractivity contribution in [3.05, 3.63) is 47.8 Å². The van der Waals surface area contributed by atoms with Gasteiger partial charge in [0.1, 0.15) is 12.4 Å². The Kier molecular flexibility index (Phi) is 7.04. The highest BCUT2D eigenvalue weighted by molar-refractivity contribution is 5.85. The van der Waals surface area contributed by atoms with Crippen LogP contribution in [0, 0.1) is 0 Å². The number of aryl methyl sites for hydroxylation is 1. The number of alkyl halides is 1. The molecule has 2 rings (SSSR count). The minimum atomic E-state index is -0.391. The van der Waals surface area contributed by atoms with E-state index in [9.17, 15) is 4.39 Å². The lowest BCUT2D eigenvalue weighted by Crippen LogP contribution is -2.13. The molecule has 0 spiro atoms. The van der Waals surface area contributed by atoms with E-state index in [2.05, 4.69) is 10.4 Å². The first-order chi connectivity index (χ1) is 9.31. The number of nitrogens with one attached hydrogen (secondary N) is 1. The van der Waals surface area contributed by atoms with Crippen molar-refractivity contribution in [2.24, 2.45) is 0 Å². The molecule has 1 N–H and O–H groups in total. The maximum atomic E-state index is 12.1. The maximum absolute atomic E-state index is 12.1. The van der Waals surface area contributed by atoms with Gasteiger partial charge in [-0.2, -0.15) is 5.10 Å². The lowest BCUT2D eigenvalue weighted by Gasteiger charge is -2.05. The standard InChI is InChI=1S/C14H18FN3O.ClH/c1-19-14-4-2-3-12(9-14)10-16-11-13-5-7-18(17-13)8-6-15;/h2-5,7,9,16H,6,8,10-11H2,1H3;1H. The third-order valence-corrected chi connectivity index (χ3v) is 2.78. The molecule has 4 nitrogen and oxygen atoms in total. The summed E-state index contributed by atoms with van der Waals surface area (Å²) in [6, 6.07) is 9.81. The first kappa shape index (κ1) is 16.5. The zero-order chi connectivity index (χ0) is 13.5. The molecule has 1 aromatic carbocycles. The van der Waals surface area contributed by atoms with Crippen LogP contribution in [0.15, 0.2) is 36.5 Å². The lowest BCUT2D eigenvalue weighted by atomic mass is 10.2. The van der Waals surface area contributed by atoms with Gasteiger partial charge in [0.2, 0.25) is 0 Å². The van der Waals surface area contributed by atoms with Crippen molar-refractivity contribution >= 4 is 12.4 Å². The summed E-state index contributed by atoms with van der Waals surface area (Å²) in [5.41, 5.74) is 2.07. The minimum absolute atomic E-state index is 0. The van der Waals surface area contributed by atoms with Crippen LogP contribution in [-0.2, 0) is 19.6 Å². The van der Waals surface area contributed by atoms with Crippen LogP contribution in [0.2, 0.25) is 0 Å². The van der Waals surface area contributed by atoms with Crippen molar-refractivity contribution in [2.45, 2.75) is 19.6 Å². The highest BCUT2D eigenvalue weighted by Gasteiger charge is 2.00. The summed E-state index contributed by atoms with van der Waals surface area (Å²) in [4.78, 5) is 0. The first-order valence-corrected chi connectivity index (χ1v) is 6.24. The fourth-order valence-electron chi connectivity index (χ4n) is 1.83. The van der Waals surface area contributed by atoms with E-state index in [0.717, 1.165) is 23.6 Å². The Balaban J connectivity index is 0.00000200. The monoisotopic (exact) mass is 299 g/mol. The van der Waals surface area contributed by atoms with Gasteiger partial charge >= 0.3 is 0 Å². The van der Waals surface area contributed by atoms with Crippen molar-refractivity contribution < 1.29 is 9.13 Å². The summed E-state index contributed by atoms with van der Waals surface area (Å²) in [5, 5.41) is 7.55. The van der Waals surface area contributed by atoms with Gasteiger partial charge < -0.3 is 10.1 Å². The van der Waals surface area contributed by atoms with Gasteiger partial charge in [0.25, 0.3) is 0 Å². The Labute approximate surface area is 124 Å². The van der Waals surface area contributed by atoms with E-state index in [-0.39, 0.29) is 12.4 Å². The third kappa shape index (κ3) is 4.83. The number of hydrogen-bond donors (Lipinski definition) is 1. The van der Waals surface area contributed by atoms with Gasteiger partial charge in [-0.3, -0.25) is 4.68 Å². The lowest BCUT2D eigenvalue weighted by molar-refractivity contribution is 0.414. The van der Waals surface area contributed by atoms with Gasteiger partial charge in [0.05, 0.1) is 19.3 Å². The van der Waals surface area contributed by atoms with Crippen LogP contribution < -0.4 is 10.1 Å². The molecular formula is C14H19ClFN3O. The van der Waals surface area contributed by atoms with Crippen molar-refractivity contribution in [2.75, 3.05) is 13.8 Å². The zero-order valence-corrected chi connectivity index (χ0v) is 12.2. The molecule has 1 heterocycles. The van der Waals surface area contributed by atoms with Crippen molar-refractivity contribution in [3.8, 4) is 5.75 Å². The molecule has 0 amide bonds. The molecule has 0 bridgehead atoms. The Hall–Kier alpha value is -1.59. The third-order valence-electron chi connectivity index (χ3n) is 2.78. The highest BCUT2D eigenvalue weighted by Crippen LogP contribution is 2.12. The SMILES string of the molecule is COc1cccc(CNCc2ccn(CCF)n2)c1.Cl. The van der Waals surface area contributed by atoms with Gasteiger partial charge in [-0.1, -0.05) is 12.1 Å². The topological polar surface area (TPSA) is 39.1 Å². The number of nitrogens with zero attached hydrogens (tertiary/aromatic N) is 2. The molecule has 0 aliphatic carbocycles. The van der Waals surface area contributed by atoms with E-state index in [1.807, 2.05) is 30.3 Å². The van der Waals surface area contributed by atoms with Gasteiger partial charge in [-0.25, -0.2) is 4.39 Å². The van der Waals surface area contributed by atoms with Crippen LogP contribution >= 0.6 is 12.4 Å². The van der Waals surface area contributed by atoms with Crippen molar-refractivity contribution in [3.63, 3.8) is 0 Å². The second-order valence-corrected chi connectivity index (χ2v) is 4.21. The average Bonchev–Trinajstić information content (AvgIpc) is 2.87. The summed E-state index contributed by atoms with van der Waals surface area (Å²) < 4.78 is 18.9. The predicted octanol–water partition coefficient (Wildman–Crippen LogP) is 2.57. The molecule has 6 heteroatoms. The van der Waals surface area contributed by atoms with Crippen LogP contribution in [-0.4, -0.2) is 23.6 Å². The highest BCUT2D eigenvalue weighted by atomic mass is 35.5. The Morgan fingerprint density at radius 3 is 2.90 bits per heavy atom. The van der Waals surface area contributed by atoms with Crippen LogP contribution in [0.25, 0.3) is 0 Å². The fourth-order valence-corrected chi connectivity index (χ4v) is 1.83. The first-order valence-electron chi connectivity index (χ1n) is 6.24. The van der Waals surface area contributed by atoms with E-state index >= 15 is 0 Å². The second-order valence-electron chi connectivity index (χ2n) is 4.21. The van der Waals surface area contributed by atoms with Crippen LogP contribution in [0.5, 0.6) is 5.75 Å².